The molecule has 2 amide bonds. The van der Waals surface area contributed by atoms with Gasteiger partial charge in [0.15, 0.2) is 12.4 Å². The minimum atomic E-state index is -0.369. The van der Waals surface area contributed by atoms with Gasteiger partial charge >= 0.3 is 0 Å². The molecule has 24 heavy (non-hydrogen) atoms. The lowest BCUT2D eigenvalue weighted by Gasteiger charge is -2.08. The van der Waals surface area contributed by atoms with Crippen LogP contribution in [0.15, 0.2) is 28.8 Å². The van der Waals surface area contributed by atoms with Gasteiger partial charge in [-0.1, -0.05) is 28.4 Å². The van der Waals surface area contributed by atoms with Crippen LogP contribution in [0.25, 0.3) is 0 Å². The Balaban J connectivity index is 1.66. The van der Waals surface area contributed by atoms with E-state index in [4.69, 9.17) is 32.5 Å². The van der Waals surface area contributed by atoms with Crippen LogP contribution in [0.1, 0.15) is 12.2 Å². The number of hydrogen-bond donors (Lipinski definition) is 2. The van der Waals surface area contributed by atoms with Crippen LogP contribution < -0.4 is 15.4 Å². The maximum atomic E-state index is 11.7. The molecule has 0 aliphatic carbocycles. The van der Waals surface area contributed by atoms with Gasteiger partial charge in [-0.3, -0.25) is 9.59 Å². The first-order valence-corrected chi connectivity index (χ1v) is 7.77. The van der Waals surface area contributed by atoms with E-state index < -0.39 is 0 Å². The fraction of sp³-hybridized carbons (Fsp3) is 0.267. The standard InChI is InChI=1S/C15H15Cl2N3O4/c1-9-6-13(20-24-9)19-14(21)4-5-18-15(22)8-23-12-3-2-10(16)7-11(12)17/h2-3,6-7H,4-5,8H2,1H3,(H,18,22)(H,19,20,21). The van der Waals surface area contributed by atoms with E-state index in [2.05, 4.69) is 15.8 Å². The molecule has 1 aromatic heterocycles. The molecule has 9 heteroatoms. The summed E-state index contributed by atoms with van der Waals surface area (Å²) in [6.07, 6.45) is 0.0966. The van der Waals surface area contributed by atoms with Crippen molar-refractivity contribution in [1.82, 2.24) is 10.5 Å². The van der Waals surface area contributed by atoms with E-state index in [0.717, 1.165) is 0 Å². The van der Waals surface area contributed by atoms with E-state index in [1.54, 1.807) is 25.1 Å². The number of halogens is 2. The lowest BCUT2D eigenvalue weighted by Crippen LogP contribution is -2.31. The fourth-order valence-corrected chi connectivity index (χ4v) is 2.20. The predicted octanol–water partition coefficient (Wildman–Crippen LogP) is 2.81. The zero-order chi connectivity index (χ0) is 17.5. The number of carbonyl (C=O) groups excluding carboxylic acids is 2. The van der Waals surface area contributed by atoms with Gasteiger partial charge in [-0.25, -0.2) is 0 Å². The molecule has 0 aliphatic rings. The third-order valence-corrected chi connectivity index (χ3v) is 3.35. The number of benzene rings is 1. The summed E-state index contributed by atoms with van der Waals surface area (Å²) >= 11 is 11.7. The Morgan fingerprint density at radius 2 is 2.04 bits per heavy atom. The number of carbonyl (C=O) groups is 2. The van der Waals surface area contributed by atoms with Crippen LogP contribution in [0.4, 0.5) is 5.82 Å². The van der Waals surface area contributed by atoms with Crippen LogP contribution in [-0.4, -0.2) is 30.1 Å². The van der Waals surface area contributed by atoms with Gasteiger partial charge < -0.3 is 19.9 Å². The molecule has 128 valence electrons. The Bertz CT molecular complexity index is 733. The first kappa shape index (κ1) is 18.1. The molecule has 7 nitrogen and oxygen atoms in total. The fourth-order valence-electron chi connectivity index (χ4n) is 1.73. The maximum absolute atomic E-state index is 11.7. The van der Waals surface area contributed by atoms with Crippen molar-refractivity contribution >= 4 is 40.8 Å². The molecule has 0 spiro atoms. The molecule has 0 fully saturated rings. The van der Waals surface area contributed by atoms with Gasteiger partial charge in [-0.15, -0.1) is 0 Å². The first-order valence-electron chi connectivity index (χ1n) is 7.02. The van der Waals surface area contributed by atoms with Crippen molar-refractivity contribution < 1.29 is 18.8 Å². The molecule has 2 rings (SSSR count). The Hall–Kier alpha value is -2.25. The summed E-state index contributed by atoms with van der Waals surface area (Å²) in [4.78, 5) is 23.3. The van der Waals surface area contributed by atoms with Crippen molar-refractivity contribution in [3.63, 3.8) is 0 Å². The molecule has 0 aliphatic heterocycles. The average molecular weight is 372 g/mol. The van der Waals surface area contributed by atoms with E-state index in [-0.39, 0.29) is 31.4 Å². The third-order valence-electron chi connectivity index (χ3n) is 2.82. The van der Waals surface area contributed by atoms with Crippen LogP contribution in [-0.2, 0) is 9.59 Å². The summed E-state index contributed by atoms with van der Waals surface area (Å²) < 4.78 is 10.1. The summed E-state index contributed by atoms with van der Waals surface area (Å²) in [7, 11) is 0. The molecule has 0 atom stereocenters. The van der Waals surface area contributed by atoms with Gasteiger partial charge in [0.25, 0.3) is 5.91 Å². The number of aryl methyl sites for hydroxylation is 1. The van der Waals surface area contributed by atoms with E-state index in [1.165, 1.54) is 6.07 Å². The number of amides is 2. The highest BCUT2D eigenvalue weighted by atomic mass is 35.5. The highest BCUT2D eigenvalue weighted by molar-refractivity contribution is 6.35. The number of nitrogens with one attached hydrogen (secondary N) is 2. The van der Waals surface area contributed by atoms with Gasteiger partial charge in [0, 0.05) is 24.1 Å². The Labute approximate surface area is 148 Å². The Morgan fingerprint density at radius 1 is 1.25 bits per heavy atom. The second kappa shape index (κ2) is 8.56. The summed E-state index contributed by atoms with van der Waals surface area (Å²) in [5, 5.41) is 9.55. The minimum Gasteiger partial charge on any atom is -0.482 e. The molecule has 0 saturated carbocycles. The van der Waals surface area contributed by atoms with E-state index >= 15 is 0 Å². The SMILES string of the molecule is Cc1cc(NC(=O)CCNC(=O)COc2ccc(Cl)cc2Cl)no1. The largest absolute Gasteiger partial charge is 0.482 e. The second-order valence-electron chi connectivity index (χ2n) is 4.83. The van der Waals surface area contributed by atoms with Crippen LogP contribution in [0.5, 0.6) is 5.75 Å². The summed E-state index contributed by atoms with van der Waals surface area (Å²) in [6.45, 7) is 1.67. The summed E-state index contributed by atoms with van der Waals surface area (Å²) in [6, 6.07) is 6.30. The number of ether oxygens (including phenoxy) is 1. The molecule has 1 aromatic carbocycles. The molecular weight excluding hydrogens is 357 g/mol. The molecule has 0 radical (unpaired) electrons. The Morgan fingerprint density at radius 3 is 2.71 bits per heavy atom. The topological polar surface area (TPSA) is 93.5 Å². The molecule has 2 aromatic rings. The second-order valence-corrected chi connectivity index (χ2v) is 5.68. The van der Waals surface area contributed by atoms with E-state index in [9.17, 15) is 9.59 Å². The van der Waals surface area contributed by atoms with Gasteiger partial charge in [-0.05, 0) is 25.1 Å². The lowest BCUT2D eigenvalue weighted by molar-refractivity contribution is -0.123. The highest BCUT2D eigenvalue weighted by Gasteiger charge is 2.09. The first-order chi connectivity index (χ1) is 11.4. The molecular formula is C15H15Cl2N3O4. The van der Waals surface area contributed by atoms with Crippen LogP contribution in [0.2, 0.25) is 10.0 Å². The lowest BCUT2D eigenvalue weighted by atomic mass is 10.3. The molecule has 0 unspecified atom stereocenters. The molecule has 2 N–H and O–H groups in total. The summed E-state index contributed by atoms with van der Waals surface area (Å²) in [5.74, 6) is 0.632. The van der Waals surface area contributed by atoms with Gasteiger partial charge in [-0.2, -0.15) is 0 Å². The van der Waals surface area contributed by atoms with Gasteiger partial charge in [0.05, 0.1) is 5.02 Å². The monoisotopic (exact) mass is 371 g/mol. The maximum Gasteiger partial charge on any atom is 0.257 e. The highest BCUT2D eigenvalue weighted by Crippen LogP contribution is 2.27. The van der Waals surface area contributed by atoms with Crippen molar-refractivity contribution in [3.8, 4) is 5.75 Å². The normalized spacial score (nSPS) is 10.3. The molecule has 0 saturated heterocycles. The number of aromatic nitrogens is 1. The minimum absolute atomic E-state index is 0.0966. The van der Waals surface area contributed by atoms with Crippen molar-refractivity contribution in [2.24, 2.45) is 0 Å². The van der Waals surface area contributed by atoms with Crippen molar-refractivity contribution in [2.45, 2.75) is 13.3 Å². The zero-order valence-corrected chi connectivity index (χ0v) is 14.3. The number of hydrogen-bond acceptors (Lipinski definition) is 5. The molecule has 1 heterocycles. The number of nitrogens with zero attached hydrogens (tertiary/aromatic N) is 1. The Kier molecular flexibility index (Phi) is 6.45. The third kappa shape index (κ3) is 5.75. The van der Waals surface area contributed by atoms with Crippen molar-refractivity contribution in [3.05, 3.63) is 40.1 Å². The number of rotatable bonds is 7. The molecule has 0 bridgehead atoms. The van der Waals surface area contributed by atoms with Crippen molar-refractivity contribution in [2.75, 3.05) is 18.5 Å². The predicted molar refractivity (Wildman–Crippen MR) is 89.5 cm³/mol. The van der Waals surface area contributed by atoms with Crippen LogP contribution in [0, 0.1) is 6.92 Å². The quantitative estimate of drug-likeness (QED) is 0.780. The smallest absolute Gasteiger partial charge is 0.257 e. The van der Waals surface area contributed by atoms with Crippen LogP contribution in [0.3, 0.4) is 0 Å². The van der Waals surface area contributed by atoms with E-state index in [1.807, 2.05) is 0 Å². The van der Waals surface area contributed by atoms with Gasteiger partial charge in [0.2, 0.25) is 5.91 Å². The van der Waals surface area contributed by atoms with E-state index in [0.29, 0.717) is 27.4 Å². The zero-order valence-electron chi connectivity index (χ0n) is 12.8. The van der Waals surface area contributed by atoms with Gasteiger partial charge in [0.1, 0.15) is 11.5 Å². The summed E-state index contributed by atoms with van der Waals surface area (Å²) in [5.41, 5.74) is 0. The van der Waals surface area contributed by atoms with Crippen molar-refractivity contribution in [1.29, 1.82) is 0 Å². The number of anilines is 1. The van der Waals surface area contributed by atoms with Crippen LogP contribution >= 0.6 is 23.2 Å². The average Bonchev–Trinajstić information content (AvgIpc) is 2.91.